The number of hydrogen-bond donors (Lipinski definition) is 3. The number of anilines is 4. The van der Waals surface area contributed by atoms with Gasteiger partial charge >= 0.3 is 6.18 Å². The zero-order valence-electron chi connectivity index (χ0n) is 17.8. The molecule has 11 heteroatoms. The van der Waals surface area contributed by atoms with Crippen molar-refractivity contribution in [3.8, 4) is 0 Å². The quantitative estimate of drug-likeness (QED) is 0.523. The van der Waals surface area contributed by atoms with E-state index in [1.807, 2.05) is 0 Å². The van der Waals surface area contributed by atoms with Crippen molar-refractivity contribution in [2.45, 2.75) is 51.2 Å². The van der Waals surface area contributed by atoms with Crippen molar-refractivity contribution in [3.05, 3.63) is 35.0 Å². The lowest BCUT2D eigenvalue weighted by Gasteiger charge is -2.26. The van der Waals surface area contributed by atoms with Crippen LogP contribution in [0.25, 0.3) is 0 Å². The summed E-state index contributed by atoms with van der Waals surface area (Å²) >= 11 is 0. The van der Waals surface area contributed by atoms with Crippen LogP contribution in [-0.4, -0.2) is 35.6 Å². The molecule has 1 aliphatic heterocycles. The molecule has 32 heavy (non-hydrogen) atoms. The number of fused-ring (bicyclic) bond motifs is 1. The van der Waals surface area contributed by atoms with Gasteiger partial charge in [-0.05, 0) is 56.8 Å². The fourth-order valence-corrected chi connectivity index (χ4v) is 4.31. The van der Waals surface area contributed by atoms with E-state index in [0.717, 1.165) is 69.3 Å². The molecule has 6 nitrogen and oxygen atoms in total. The third kappa shape index (κ3) is 5.68. The van der Waals surface area contributed by atoms with Gasteiger partial charge in [-0.1, -0.05) is 6.92 Å². The molecule has 0 saturated carbocycles. The number of nitrogen functional groups attached to an aromatic ring is 1. The van der Waals surface area contributed by atoms with Crippen molar-refractivity contribution in [1.29, 1.82) is 0 Å². The highest BCUT2D eigenvalue weighted by atomic mass is 35.5. The molecule has 1 aromatic carbocycles. The van der Waals surface area contributed by atoms with Crippen LogP contribution in [0.3, 0.4) is 0 Å². The van der Waals surface area contributed by atoms with E-state index in [-0.39, 0.29) is 36.2 Å². The number of aryl methyl sites for hydroxylation is 1. The van der Waals surface area contributed by atoms with Crippen molar-refractivity contribution in [3.63, 3.8) is 0 Å². The van der Waals surface area contributed by atoms with E-state index in [9.17, 15) is 13.2 Å². The second-order valence-electron chi connectivity index (χ2n) is 7.92. The average molecular weight is 493 g/mol. The molecule has 0 spiro atoms. The van der Waals surface area contributed by atoms with Crippen molar-refractivity contribution >= 4 is 48.0 Å². The van der Waals surface area contributed by atoms with Crippen LogP contribution in [-0.2, 0) is 19.0 Å². The van der Waals surface area contributed by atoms with Gasteiger partial charge in [-0.25, -0.2) is 4.98 Å². The lowest BCUT2D eigenvalue weighted by Crippen LogP contribution is -2.33. The van der Waals surface area contributed by atoms with Crippen molar-refractivity contribution in [1.82, 2.24) is 15.3 Å². The van der Waals surface area contributed by atoms with Gasteiger partial charge in [0.1, 0.15) is 5.82 Å². The molecular formula is C21H29Cl2F3N6. The van der Waals surface area contributed by atoms with Crippen LogP contribution in [0.5, 0.6) is 0 Å². The molecule has 1 atom stereocenters. The van der Waals surface area contributed by atoms with Gasteiger partial charge in [-0.3, -0.25) is 0 Å². The third-order valence-electron chi connectivity index (χ3n) is 5.76. The summed E-state index contributed by atoms with van der Waals surface area (Å²) in [6.07, 6.45) is 0.492. The van der Waals surface area contributed by atoms with E-state index in [0.29, 0.717) is 12.0 Å². The maximum Gasteiger partial charge on any atom is 0.418 e. The van der Waals surface area contributed by atoms with Crippen molar-refractivity contribution in [2.24, 2.45) is 0 Å². The first-order valence-electron chi connectivity index (χ1n) is 10.5. The molecule has 4 N–H and O–H groups in total. The summed E-state index contributed by atoms with van der Waals surface area (Å²) in [7, 11) is 0. The molecule has 1 saturated heterocycles. The van der Waals surface area contributed by atoms with Crippen molar-refractivity contribution < 1.29 is 13.2 Å². The summed E-state index contributed by atoms with van der Waals surface area (Å²) in [5, 5.41) is 6.46. The summed E-state index contributed by atoms with van der Waals surface area (Å²) in [5.41, 5.74) is 6.79. The van der Waals surface area contributed by atoms with E-state index in [2.05, 4.69) is 27.4 Å². The number of nitrogens with zero attached hydrogens (tertiary/aromatic N) is 3. The topological polar surface area (TPSA) is 79.1 Å². The van der Waals surface area contributed by atoms with E-state index in [1.165, 1.54) is 17.7 Å². The molecule has 0 amide bonds. The molecule has 178 valence electrons. The zero-order valence-corrected chi connectivity index (χ0v) is 19.5. The number of hydrogen-bond acceptors (Lipinski definition) is 6. The molecular weight excluding hydrogens is 464 g/mol. The van der Waals surface area contributed by atoms with Gasteiger partial charge in [0.2, 0.25) is 5.95 Å². The fraction of sp³-hybridized carbons (Fsp3) is 0.524. The first-order chi connectivity index (χ1) is 14.3. The highest BCUT2D eigenvalue weighted by molar-refractivity contribution is 5.85. The molecule has 0 bridgehead atoms. The van der Waals surface area contributed by atoms with Gasteiger partial charge in [0.15, 0.2) is 0 Å². The Kier molecular flexibility index (Phi) is 8.84. The van der Waals surface area contributed by atoms with E-state index >= 15 is 0 Å². The molecule has 0 radical (unpaired) electrons. The van der Waals surface area contributed by atoms with Crippen LogP contribution in [0.4, 0.5) is 36.3 Å². The number of alkyl halides is 3. The molecule has 1 fully saturated rings. The Labute approximate surface area is 198 Å². The Hall–Kier alpha value is -1.97. The average Bonchev–Trinajstić information content (AvgIpc) is 3.17. The number of rotatable bonds is 5. The Morgan fingerprint density at radius 1 is 1.16 bits per heavy atom. The minimum absolute atomic E-state index is 0. The standard InChI is InChI=1S/C21H27F3N6.2ClH/c1-2-26-14-9-10-30(12-14)19-15-5-3-4-6-18(15)28-20(29-19)27-13-7-8-17(25)16(11-13)21(22,23)24;;/h7-8,11,14,26H,2-6,9-10,12,25H2,1H3,(H,27,28,29);2*1H. The van der Waals surface area contributed by atoms with Crippen LogP contribution in [0.15, 0.2) is 18.2 Å². The molecule has 1 aliphatic carbocycles. The maximum absolute atomic E-state index is 13.2. The summed E-state index contributed by atoms with van der Waals surface area (Å²) in [6.45, 7) is 4.79. The Bertz CT molecular complexity index is 925. The first-order valence-corrected chi connectivity index (χ1v) is 10.5. The molecule has 2 aliphatic rings. The zero-order chi connectivity index (χ0) is 21.3. The maximum atomic E-state index is 13.2. The third-order valence-corrected chi connectivity index (χ3v) is 5.76. The van der Waals surface area contributed by atoms with Gasteiger partial charge in [-0.15, -0.1) is 24.8 Å². The van der Waals surface area contributed by atoms with Crippen LogP contribution in [0.1, 0.15) is 43.0 Å². The number of benzene rings is 1. The predicted molar refractivity (Wildman–Crippen MR) is 127 cm³/mol. The minimum atomic E-state index is -4.51. The summed E-state index contributed by atoms with van der Waals surface area (Å²) in [4.78, 5) is 11.6. The predicted octanol–water partition coefficient (Wildman–Crippen LogP) is 4.73. The lowest BCUT2D eigenvalue weighted by molar-refractivity contribution is -0.136. The Morgan fingerprint density at radius 3 is 2.62 bits per heavy atom. The largest absolute Gasteiger partial charge is 0.418 e. The van der Waals surface area contributed by atoms with Crippen LogP contribution in [0, 0.1) is 0 Å². The number of likely N-dealkylation sites (N-methyl/N-ethyl adjacent to an activating group) is 1. The summed E-state index contributed by atoms with van der Waals surface area (Å²) < 4.78 is 39.6. The highest BCUT2D eigenvalue weighted by Crippen LogP contribution is 2.36. The molecule has 1 aromatic heterocycles. The first kappa shape index (κ1) is 26.3. The number of nitrogens with two attached hydrogens (primary N) is 1. The van der Waals surface area contributed by atoms with Gasteiger partial charge in [0.25, 0.3) is 0 Å². The Balaban J connectivity index is 0.00000181. The monoisotopic (exact) mass is 492 g/mol. The Morgan fingerprint density at radius 2 is 1.91 bits per heavy atom. The van der Waals surface area contributed by atoms with Crippen molar-refractivity contribution in [2.75, 3.05) is 35.6 Å². The van der Waals surface area contributed by atoms with Gasteiger partial charge < -0.3 is 21.3 Å². The second-order valence-corrected chi connectivity index (χ2v) is 7.92. The highest BCUT2D eigenvalue weighted by Gasteiger charge is 2.33. The number of nitrogens with one attached hydrogen (secondary N) is 2. The van der Waals surface area contributed by atoms with E-state index in [1.54, 1.807) is 0 Å². The normalized spacial score (nSPS) is 17.9. The van der Waals surface area contributed by atoms with Gasteiger partial charge in [0, 0.05) is 36.1 Å². The summed E-state index contributed by atoms with van der Waals surface area (Å²) in [5.74, 6) is 1.24. The van der Waals surface area contributed by atoms with E-state index in [4.69, 9.17) is 10.7 Å². The molecule has 2 aromatic rings. The van der Waals surface area contributed by atoms with Crippen LogP contribution >= 0.6 is 24.8 Å². The smallest absolute Gasteiger partial charge is 0.398 e. The lowest BCUT2D eigenvalue weighted by atomic mass is 9.96. The second kappa shape index (κ2) is 10.8. The molecule has 4 rings (SSSR count). The van der Waals surface area contributed by atoms with Gasteiger partial charge in [-0.2, -0.15) is 18.2 Å². The molecule has 1 unspecified atom stereocenters. The molecule has 2 heterocycles. The van der Waals surface area contributed by atoms with Gasteiger partial charge in [0.05, 0.1) is 11.3 Å². The minimum Gasteiger partial charge on any atom is -0.398 e. The summed E-state index contributed by atoms with van der Waals surface area (Å²) in [6, 6.07) is 4.21. The number of aromatic nitrogens is 2. The number of halogens is 5. The van der Waals surface area contributed by atoms with Crippen LogP contribution < -0.4 is 21.3 Å². The van der Waals surface area contributed by atoms with Crippen LogP contribution in [0.2, 0.25) is 0 Å². The van der Waals surface area contributed by atoms with E-state index < -0.39 is 11.7 Å². The fourth-order valence-electron chi connectivity index (χ4n) is 4.31. The SMILES string of the molecule is CCNC1CCN(c2nc(Nc3ccc(N)c(C(F)(F)F)c3)nc3c2CCCC3)C1.Cl.Cl.